The summed E-state index contributed by atoms with van der Waals surface area (Å²) in [5.41, 5.74) is 2.79. The van der Waals surface area contributed by atoms with Crippen molar-refractivity contribution in [2.75, 3.05) is 10.6 Å². The minimum atomic E-state index is -0.352. The molecule has 3 aromatic heterocycles. The van der Waals surface area contributed by atoms with Crippen molar-refractivity contribution in [1.29, 1.82) is 0 Å². The Labute approximate surface area is 162 Å². The van der Waals surface area contributed by atoms with E-state index in [1.807, 2.05) is 32.0 Å². The maximum atomic E-state index is 12.6. The monoisotopic (exact) mass is 397 g/mol. The molecule has 0 fully saturated rings. The lowest BCUT2D eigenvalue weighted by Crippen LogP contribution is -2.11. The van der Waals surface area contributed by atoms with Crippen molar-refractivity contribution < 1.29 is 14.0 Å². The van der Waals surface area contributed by atoms with E-state index < -0.39 is 0 Å². The van der Waals surface area contributed by atoms with E-state index in [1.54, 1.807) is 18.2 Å². The van der Waals surface area contributed by atoms with E-state index in [9.17, 15) is 9.59 Å². The zero-order chi connectivity index (χ0) is 19.0. The van der Waals surface area contributed by atoms with Crippen molar-refractivity contribution in [3.05, 3.63) is 64.4 Å². The zero-order valence-corrected chi connectivity index (χ0v) is 16.2. The number of nitrogens with zero attached hydrogens (tertiary/aromatic N) is 1. The van der Waals surface area contributed by atoms with Gasteiger partial charge in [-0.25, -0.2) is 4.98 Å². The van der Waals surface area contributed by atoms with Gasteiger partial charge in [0.25, 0.3) is 11.8 Å². The highest BCUT2D eigenvalue weighted by molar-refractivity contribution is 7.22. The van der Waals surface area contributed by atoms with Crippen molar-refractivity contribution >= 4 is 54.8 Å². The summed E-state index contributed by atoms with van der Waals surface area (Å²) in [7, 11) is 0. The molecule has 27 heavy (non-hydrogen) atoms. The third-order valence-corrected chi connectivity index (χ3v) is 5.96. The second-order valence-corrected chi connectivity index (χ2v) is 8.08. The molecule has 4 aromatic rings. The summed E-state index contributed by atoms with van der Waals surface area (Å²) in [6, 6.07) is 11.0. The van der Waals surface area contributed by atoms with E-state index >= 15 is 0 Å². The summed E-state index contributed by atoms with van der Waals surface area (Å²) in [6.45, 7) is 3.85. The molecule has 8 heteroatoms. The normalized spacial score (nSPS) is 10.9. The van der Waals surface area contributed by atoms with E-state index in [0.717, 1.165) is 21.3 Å². The number of aromatic nitrogens is 1. The number of nitrogens with one attached hydrogen (secondary N) is 2. The quantitative estimate of drug-likeness (QED) is 0.503. The van der Waals surface area contributed by atoms with Crippen molar-refractivity contribution in [2.45, 2.75) is 13.8 Å². The molecule has 0 aliphatic carbocycles. The highest BCUT2D eigenvalue weighted by Crippen LogP contribution is 2.30. The first-order valence-corrected chi connectivity index (χ1v) is 9.77. The number of carbonyl (C=O) groups is 2. The molecule has 0 bridgehead atoms. The third kappa shape index (κ3) is 3.62. The minimum absolute atomic E-state index is 0.219. The molecule has 1 aromatic carbocycles. The van der Waals surface area contributed by atoms with E-state index in [1.165, 1.54) is 28.9 Å². The number of thiazole rings is 1. The SMILES string of the molecule is Cc1ccc2nc(NC(=O)c3sc(NC(=O)c4ccco4)cc3C)sc2c1. The summed E-state index contributed by atoms with van der Waals surface area (Å²) >= 11 is 2.65. The summed E-state index contributed by atoms with van der Waals surface area (Å²) < 4.78 is 6.10. The first-order chi connectivity index (χ1) is 13.0. The first kappa shape index (κ1) is 17.4. The fourth-order valence-corrected chi connectivity index (χ4v) is 4.51. The number of aryl methyl sites for hydroxylation is 2. The van der Waals surface area contributed by atoms with Gasteiger partial charge in [0.1, 0.15) is 0 Å². The van der Waals surface area contributed by atoms with Gasteiger partial charge in [-0.05, 0) is 55.3 Å². The fourth-order valence-electron chi connectivity index (χ4n) is 2.59. The van der Waals surface area contributed by atoms with Gasteiger partial charge in [0.15, 0.2) is 10.9 Å². The average Bonchev–Trinajstić information content (AvgIpc) is 3.34. The zero-order valence-electron chi connectivity index (χ0n) is 14.5. The molecule has 0 atom stereocenters. The Bertz CT molecular complexity index is 1140. The van der Waals surface area contributed by atoms with Crippen LogP contribution in [-0.4, -0.2) is 16.8 Å². The Hall–Kier alpha value is -2.97. The minimum Gasteiger partial charge on any atom is -0.459 e. The molecule has 2 amide bonds. The number of fused-ring (bicyclic) bond motifs is 1. The second-order valence-electron chi connectivity index (χ2n) is 6.00. The number of furan rings is 1. The number of anilines is 2. The topological polar surface area (TPSA) is 84.2 Å². The standard InChI is InChI=1S/C19H15N3O3S2/c1-10-5-6-12-14(8-10)26-19(20-12)22-18(24)16-11(2)9-15(27-16)21-17(23)13-4-3-7-25-13/h3-9H,1-2H3,(H,21,23)(H,20,22,24). The Balaban J connectivity index is 1.51. The first-order valence-electron chi connectivity index (χ1n) is 8.13. The predicted octanol–water partition coefficient (Wildman–Crippen LogP) is 5.07. The van der Waals surface area contributed by atoms with Gasteiger partial charge in [-0.15, -0.1) is 11.3 Å². The Kier molecular flexibility index (Phi) is 4.51. The van der Waals surface area contributed by atoms with E-state index in [-0.39, 0.29) is 17.6 Å². The number of hydrogen-bond acceptors (Lipinski definition) is 6. The molecular weight excluding hydrogens is 382 g/mol. The maximum Gasteiger partial charge on any atom is 0.291 e. The molecule has 0 unspecified atom stereocenters. The molecule has 0 saturated heterocycles. The van der Waals surface area contributed by atoms with Crippen LogP contribution in [0.25, 0.3) is 10.2 Å². The summed E-state index contributed by atoms with van der Waals surface area (Å²) in [5.74, 6) is -0.377. The van der Waals surface area contributed by atoms with E-state index in [0.29, 0.717) is 15.0 Å². The van der Waals surface area contributed by atoms with Crippen molar-refractivity contribution in [3.63, 3.8) is 0 Å². The molecule has 0 radical (unpaired) electrons. The smallest absolute Gasteiger partial charge is 0.291 e. The van der Waals surface area contributed by atoms with Crippen LogP contribution in [0.4, 0.5) is 10.1 Å². The second kappa shape index (κ2) is 6.98. The molecular formula is C19H15N3O3S2. The van der Waals surface area contributed by atoms with Crippen LogP contribution < -0.4 is 10.6 Å². The van der Waals surface area contributed by atoms with E-state index in [2.05, 4.69) is 15.6 Å². The Morgan fingerprint density at radius 3 is 2.67 bits per heavy atom. The average molecular weight is 397 g/mol. The van der Waals surface area contributed by atoms with Gasteiger partial charge in [-0.2, -0.15) is 0 Å². The van der Waals surface area contributed by atoms with Crippen LogP contribution in [0, 0.1) is 13.8 Å². The van der Waals surface area contributed by atoms with Gasteiger partial charge < -0.3 is 9.73 Å². The summed E-state index contributed by atoms with van der Waals surface area (Å²) in [6.07, 6.45) is 1.44. The van der Waals surface area contributed by atoms with E-state index in [4.69, 9.17) is 4.42 Å². The van der Waals surface area contributed by atoms with Crippen LogP contribution in [0.5, 0.6) is 0 Å². The van der Waals surface area contributed by atoms with Crippen LogP contribution in [0.15, 0.2) is 47.1 Å². The van der Waals surface area contributed by atoms with Gasteiger partial charge in [0, 0.05) is 0 Å². The number of amides is 2. The lowest BCUT2D eigenvalue weighted by Gasteiger charge is -2.00. The fraction of sp³-hybridized carbons (Fsp3) is 0.105. The predicted molar refractivity (Wildman–Crippen MR) is 108 cm³/mol. The lowest BCUT2D eigenvalue weighted by molar-refractivity contribution is 0.0995. The number of rotatable bonds is 4. The summed E-state index contributed by atoms with van der Waals surface area (Å²) in [4.78, 5) is 29.7. The van der Waals surface area contributed by atoms with Crippen molar-refractivity contribution in [1.82, 2.24) is 4.98 Å². The molecule has 0 saturated carbocycles. The van der Waals surface area contributed by atoms with Gasteiger partial charge in [-0.3, -0.25) is 14.9 Å². The van der Waals surface area contributed by atoms with Crippen LogP contribution in [0.1, 0.15) is 31.4 Å². The molecule has 0 aliphatic heterocycles. The van der Waals surface area contributed by atoms with Gasteiger partial charge in [0.05, 0.1) is 26.4 Å². The molecule has 6 nitrogen and oxygen atoms in total. The van der Waals surface area contributed by atoms with Crippen LogP contribution in [0.3, 0.4) is 0 Å². The number of benzene rings is 1. The Morgan fingerprint density at radius 2 is 1.89 bits per heavy atom. The van der Waals surface area contributed by atoms with Gasteiger partial charge in [0.2, 0.25) is 0 Å². The number of thiophene rings is 1. The largest absolute Gasteiger partial charge is 0.459 e. The Morgan fingerprint density at radius 1 is 1.04 bits per heavy atom. The highest BCUT2D eigenvalue weighted by Gasteiger charge is 2.18. The number of carbonyl (C=O) groups excluding carboxylic acids is 2. The molecule has 2 N–H and O–H groups in total. The van der Waals surface area contributed by atoms with Crippen molar-refractivity contribution in [2.24, 2.45) is 0 Å². The molecule has 136 valence electrons. The molecule has 0 aliphatic rings. The third-order valence-electron chi connectivity index (χ3n) is 3.87. The van der Waals surface area contributed by atoms with Crippen LogP contribution in [-0.2, 0) is 0 Å². The summed E-state index contributed by atoms with van der Waals surface area (Å²) in [5, 5.41) is 6.73. The lowest BCUT2D eigenvalue weighted by atomic mass is 10.2. The number of hydrogen-bond donors (Lipinski definition) is 2. The van der Waals surface area contributed by atoms with Gasteiger partial charge >= 0.3 is 0 Å². The molecule has 0 spiro atoms. The molecule has 4 rings (SSSR count). The van der Waals surface area contributed by atoms with Gasteiger partial charge in [-0.1, -0.05) is 17.4 Å². The van der Waals surface area contributed by atoms with Crippen molar-refractivity contribution in [3.8, 4) is 0 Å². The molecule has 3 heterocycles. The highest BCUT2D eigenvalue weighted by atomic mass is 32.1. The van der Waals surface area contributed by atoms with Crippen LogP contribution >= 0.6 is 22.7 Å². The van der Waals surface area contributed by atoms with Crippen LogP contribution in [0.2, 0.25) is 0 Å². The maximum absolute atomic E-state index is 12.6.